The molecule has 0 fully saturated rings. The van der Waals surface area contributed by atoms with E-state index in [0.29, 0.717) is 33.9 Å². The van der Waals surface area contributed by atoms with Gasteiger partial charge in [-0.05, 0) is 24.3 Å². The van der Waals surface area contributed by atoms with Crippen molar-refractivity contribution >= 4 is 34.8 Å². The van der Waals surface area contributed by atoms with Crippen LogP contribution in [-0.2, 0) is 0 Å². The fourth-order valence-electron chi connectivity index (χ4n) is 2.26. The van der Waals surface area contributed by atoms with Crippen molar-refractivity contribution < 1.29 is 13.9 Å². The number of anilines is 2. The van der Waals surface area contributed by atoms with E-state index in [4.69, 9.17) is 15.9 Å². The molecule has 128 valence electrons. The summed E-state index contributed by atoms with van der Waals surface area (Å²) in [6, 6.07) is 9.60. The zero-order chi connectivity index (χ0) is 16.9. The molecule has 0 bridgehead atoms. The summed E-state index contributed by atoms with van der Waals surface area (Å²) in [6.07, 6.45) is 6.66. The average molecular weight is 360 g/mol. The Kier molecular flexibility index (Phi) is 5.98. The average Bonchev–Trinajstić information content (AvgIpc) is 2.59. The van der Waals surface area contributed by atoms with Crippen LogP contribution in [0.2, 0.25) is 0 Å². The van der Waals surface area contributed by atoms with E-state index in [9.17, 15) is 4.39 Å². The number of terminal acetylenes is 1. The predicted octanol–water partition coefficient (Wildman–Crippen LogP) is 3.95. The molecule has 0 amide bonds. The molecular formula is C18H15ClFN3O2. The van der Waals surface area contributed by atoms with Gasteiger partial charge < -0.3 is 14.8 Å². The first-order valence-electron chi connectivity index (χ1n) is 7.13. The van der Waals surface area contributed by atoms with E-state index in [0.717, 1.165) is 0 Å². The van der Waals surface area contributed by atoms with Crippen molar-refractivity contribution in [1.29, 1.82) is 0 Å². The molecule has 0 unspecified atom stereocenters. The summed E-state index contributed by atoms with van der Waals surface area (Å²) >= 11 is 0. The van der Waals surface area contributed by atoms with Gasteiger partial charge in [-0.2, -0.15) is 0 Å². The first-order valence-corrected chi connectivity index (χ1v) is 7.13. The minimum absolute atomic E-state index is 0. The highest BCUT2D eigenvalue weighted by molar-refractivity contribution is 5.93. The maximum atomic E-state index is 13.4. The van der Waals surface area contributed by atoms with E-state index in [-0.39, 0.29) is 24.8 Å². The minimum atomic E-state index is -0.335. The Bertz CT molecular complexity index is 928. The van der Waals surface area contributed by atoms with E-state index in [1.165, 1.54) is 25.6 Å². The highest BCUT2D eigenvalue weighted by atomic mass is 35.5. The lowest BCUT2D eigenvalue weighted by molar-refractivity contribution is 0.332. The summed E-state index contributed by atoms with van der Waals surface area (Å²) in [5.41, 5.74) is 1.24. The summed E-state index contributed by atoms with van der Waals surface area (Å²) in [7, 11) is 1.54. The standard InChI is InChI=1S/C18H14FN3O2.ClH/c1-3-7-24-17-9-14-15(10-16(17)23-2)20-11-21-18(14)22-13-6-4-5-12(19)8-13;/h1,4-6,8-11H,7H2,2H3,(H,20,21,22);1H. The molecule has 5 nitrogen and oxygen atoms in total. The van der Waals surface area contributed by atoms with Crippen molar-refractivity contribution in [2.45, 2.75) is 0 Å². The maximum absolute atomic E-state index is 13.4. The molecule has 1 heterocycles. The molecule has 1 N–H and O–H groups in total. The topological polar surface area (TPSA) is 56.3 Å². The first-order chi connectivity index (χ1) is 11.7. The Morgan fingerprint density at radius 2 is 2.04 bits per heavy atom. The Labute approximate surface area is 150 Å². The Morgan fingerprint density at radius 3 is 2.76 bits per heavy atom. The number of benzene rings is 2. The molecule has 7 heteroatoms. The predicted molar refractivity (Wildman–Crippen MR) is 97.3 cm³/mol. The van der Waals surface area contributed by atoms with E-state index in [1.54, 1.807) is 24.3 Å². The largest absolute Gasteiger partial charge is 0.493 e. The number of hydrogen-bond acceptors (Lipinski definition) is 5. The van der Waals surface area contributed by atoms with Crippen LogP contribution >= 0.6 is 12.4 Å². The van der Waals surface area contributed by atoms with Gasteiger partial charge in [-0.25, -0.2) is 14.4 Å². The molecule has 0 saturated heterocycles. The summed E-state index contributed by atoms with van der Waals surface area (Å²) in [5.74, 6) is 3.61. The molecule has 1 aromatic heterocycles. The fraction of sp³-hybridized carbons (Fsp3) is 0.111. The van der Waals surface area contributed by atoms with Gasteiger partial charge in [0.25, 0.3) is 0 Å². The number of methoxy groups -OCH3 is 1. The summed E-state index contributed by atoms with van der Waals surface area (Å²) in [4.78, 5) is 8.46. The molecule has 2 aromatic carbocycles. The molecule has 0 saturated carbocycles. The van der Waals surface area contributed by atoms with Gasteiger partial charge in [-0.15, -0.1) is 18.8 Å². The lowest BCUT2D eigenvalue weighted by Crippen LogP contribution is -2.00. The second-order valence-corrected chi connectivity index (χ2v) is 4.87. The third-order valence-electron chi connectivity index (χ3n) is 3.32. The number of halogens is 2. The molecule has 3 rings (SSSR count). The van der Waals surface area contributed by atoms with E-state index >= 15 is 0 Å². The van der Waals surface area contributed by atoms with E-state index in [2.05, 4.69) is 21.2 Å². The molecule has 0 radical (unpaired) electrons. The van der Waals surface area contributed by atoms with Gasteiger partial charge in [0.1, 0.15) is 24.6 Å². The lowest BCUT2D eigenvalue weighted by Gasteiger charge is -2.12. The highest BCUT2D eigenvalue weighted by Crippen LogP contribution is 2.34. The number of aromatic nitrogens is 2. The van der Waals surface area contributed by atoms with Gasteiger partial charge in [0.15, 0.2) is 11.5 Å². The minimum Gasteiger partial charge on any atom is -0.493 e. The van der Waals surface area contributed by atoms with E-state index < -0.39 is 0 Å². The van der Waals surface area contributed by atoms with Crippen LogP contribution in [0.25, 0.3) is 10.9 Å². The molecule has 3 aromatic rings. The summed E-state index contributed by atoms with van der Waals surface area (Å²) in [6.45, 7) is 0.113. The molecule has 0 aliphatic rings. The van der Waals surface area contributed by atoms with Gasteiger partial charge in [-0.3, -0.25) is 0 Å². The molecule has 0 atom stereocenters. The van der Waals surface area contributed by atoms with Crippen LogP contribution in [0.4, 0.5) is 15.9 Å². The normalized spacial score (nSPS) is 9.80. The van der Waals surface area contributed by atoms with Crippen molar-refractivity contribution in [1.82, 2.24) is 9.97 Å². The molecule has 0 spiro atoms. The molecule has 25 heavy (non-hydrogen) atoms. The van der Waals surface area contributed by atoms with Crippen LogP contribution in [-0.4, -0.2) is 23.7 Å². The number of ether oxygens (including phenoxy) is 2. The van der Waals surface area contributed by atoms with Crippen molar-refractivity contribution in [3.05, 3.63) is 48.5 Å². The third kappa shape index (κ3) is 4.08. The quantitative estimate of drug-likeness (QED) is 0.699. The fourth-order valence-corrected chi connectivity index (χ4v) is 2.26. The zero-order valence-electron chi connectivity index (χ0n) is 13.3. The number of nitrogens with one attached hydrogen (secondary N) is 1. The zero-order valence-corrected chi connectivity index (χ0v) is 14.1. The second kappa shape index (κ2) is 8.18. The van der Waals surface area contributed by atoms with Crippen LogP contribution in [0.3, 0.4) is 0 Å². The van der Waals surface area contributed by atoms with Crippen molar-refractivity contribution in [3.63, 3.8) is 0 Å². The van der Waals surface area contributed by atoms with E-state index in [1.807, 2.05) is 0 Å². The van der Waals surface area contributed by atoms with Gasteiger partial charge in [-0.1, -0.05) is 12.0 Å². The Hall–Kier alpha value is -3.04. The monoisotopic (exact) mass is 359 g/mol. The van der Waals surface area contributed by atoms with Crippen LogP contribution in [0.5, 0.6) is 11.5 Å². The van der Waals surface area contributed by atoms with Crippen LogP contribution in [0.1, 0.15) is 0 Å². The van der Waals surface area contributed by atoms with Crippen LogP contribution < -0.4 is 14.8 Å². The third-order valence-corrected chi connectivity index (χ3v) is 3.32. The van der Waals surface area contributed by atoms with Gasteiger partial charge in [0, 0.05) is 17.1 Å². The van der Waals surface area contributed by atoms with Crippen molar-refractivity contribution in [3.8, 4) is 23.8 Å². The Morgan fingerprint density at radius 1 is 1.20 bits per heavy atom. The lowest BCUT2D eigenvalue weighted by atomic mass is 10.2. The van der Waals surface area contributed by atoms with Crippen molar-refractivity contribution in [2.24, 2.45) is 0 Å². The Balaban J connectivity index is 0.00000225. The number of fused-ring (bicyclic) bond motifs is 1. The maximum Gasteiger partial charge on any atom is 0.163 e. The SMILES string of the molecule is C#CCOc1cc2c(Nc3cccc(F)c3)ncnc2cc1OC.Cl. The van der Waals surface area contributed by atoms with Gasteiger partial charge in [0.05, 0.1) is 12.6 Å². The molecule has 0 aliphatic heterocycles. The summed E-state index contributed by atoms with van der Waals surface area (Å²) in [5, 5.41) is 3.78. The molecular weight excluding hydrogens is 345 g/mol. The highest BCUT2D eigenvalue weighted by Gasteiger charge is 2.12. The van der Waals surface area contributed by atoms with Crippen LogP contribution in [0.15, 0.2) is 42.7 Å². The summed E-state index contributed by atoms with van der Waals surface area (Å²) < 4.78 is 24.2. The molecule has 0 aliphatic carbocycles. The number of rotatable bonds is 5. The van der Waals surface area contributed by atoms with Crippen LogP contribution in [0, 0.1) is 18.2 Å². The second-order valence-electron chi connectivity index (χ2n) is 4.87. The van der Waals surface area contributed by atoms with Crippen molar-refractivity contribution in [2.75, 3.05) is 19.0 Å². The number of nitrogens with zero attached hydrogens (tertiary/aromatic N) is 2. The van der Waals surface area contributed by atoms with Gasteiger partial charge in [0.2, 0.25) is 0 Å². The first kappa shape index (κ1) is 18.3. The number of hydrogen-bond donors (Lipinski definition) is 1. The van der Waals surface area contributed by atoms with Gasteiger partial charge >= 0.3 is 0 Å². The smallest absolute Gasteiger partial charge is 0.163 e.